The maximum absolute atomic E-state index is 9.74. The van der Waals surface area contributed by atoms with E-state index in [2.05, 4.69) is 12.4 Å². The molecule has 0 spiro atoms. The van der Waals surface area contributed by atoms with E-state index in [1.165, 1.54) is 32.1 Å². The van der Waals surface area contributed by atoms with Gasteiger partial charge in [-0.15, -0.1) is 0 Å². The average molecular weight is 213 g/mol. The molecule has 1 N–H and O–H groups in total. The molecular formula is C9H20KNO2. The van der Waals surface area contributed by atoms with Crippen molar-refractivity contribution in [1.82, 2.24) is 5.48 Å². The summed E-state index contributed by atoms with van der Waals surface area (Å²) in [4.78, 5) is 14.5. The molecule has 0 atom stereocenters. The van der Waals surface area contributed by atoms with E-state index in [-0.39, 0.29) is 51.4 Å². The number of rotatable bonds is 9. The van der Waals surface area contributed by atoms with Crippen molar-refractivity contribution in [3.05, 3.63) is 0 Å². The maximum atomic E-state index is 9.74. The summed E-state index contributed by atoms with van der Waals surface area (Å²) in [6.07, 6.45) is 7.98. The van der Waals surface area contributed by atoms with Crippen molar-refractivity contribution in [1.29, 1.82) is 0 Å². The fraction of sp³-hybridized carbons (Fsp3) is 0.889. The van der Waals surface area contributed by atoms with Crippen LogP contribution in [-0.2, 0) is 9.63 Å². The van der Waals surface area contributed by atoms with Crippen LogP contribution in [-0.4, -0.2) is 64.4 Å². The molecule has 0 bridgehead atoms. The Morgan fingerprint density at radius 1 is 1.15 bits per heavy atom. The number of hydrogen-bond acceptors (Lipinski definition) is 2. The summed E-state index contributed by atoms with van der Waals surface area (Å²) in [5.41, 5.74) is 2.17. The molecule has 0 saturated heterocycles. The summed E-state index contributed by atoms with van der Waals surface area (Å²) in [6.45, 7) is 2.84. The molecule has 0 radical (unpaired) electrons. The van der Waals surface area contributed by atoms with E-state index in [9.17, 15) is 4.79 Å². The topological polar surface area (TPSA) is 38.3 Å². The molecule has 0 aliphatic carbocycles. The molecule has 0 heterocycles. The van der Waals surface area contributed by atoms with Gasteiger partial charge in [-0.2, -0.15) is 0 Å². The number of unbranched alkanes of at least 4 members (excludes halogenated alkanes) is 5. The molecule has 0 aliphatic rings. The second-order valence-electron chi connectivity index (χ2n) is 2.85. The standard InChI is InChI=1S/C9H19NO2.K.H/c1-2-3-4-5-6-7-8-12-10-9-11;;/h9H,2-8H2,1H3,(H,10,11);;. The minimum atomic E-state index is 0. The number of amides is 1. The number of nitrogens with one attached hydrogen (secondary N) is 1. The Hall–Kier alpha value is 1.07. The molecule has 0 aliphatic heterocycles. The SMILES string of the molecule is CCCCCCCCONC=O.[KH]. The summed E-state index contributed by atoms with van der Waals surface area (Å²) in [5.74, 6) is 0. The molecule has 4 heteroatoms. The van der Waals surface area contributed by atoms with Crippen LogP contribution in [0, 0.1) is 0 Å². The first-order valence-electron chi connectivity index (χ1n) is 4.72. The minimum absolute atomic E-state index is 0. The zero-order valence-electron chi connectivity index (χ0n) is 7.84. The molecule has 0 fully saturated rings. The molecule has 3 nitrogen and oxygen atoms in total. The molecule has 1 amide bonds. The zero-order chi connectivity index (χ0) is 9.07. The summed E-state index contributed by atoms with van der Waals surface area (Å²) in [5, 5.41) is 0. The average Bonchev–Trinajstić information content (AvgIpc) is 2.10. The first kappa shape index (κ1) is 16.5. The van der Waals surface area contributed by atoms with Gasteiger partial charge in [-0.05, 0) is 6.42 Å². The predicted molar refractivity (Wildman–Crippen MR) is 55.7 cm³/mol. The Balaban J connectivity index is 0. The summed E-state index contributed by atoms with van der Waals surface area (Å²) in [6, 6.07) is 0. The van der Waals surface area contributed by atoms with E-state index in [1.807, 2.05) is 0 Å². The van der Waals surface area contributed by atoms with Gasteiger partial charge in [0.05, 0.1) is 6.61 Å². The van der Waals surface area contributed by atoms with Gasteiger partial charge >= 0.3 is 51.4 Å². The fourth-order valence-electron chi connectivity index (χ4n) is 1.05. The van der Waals surface area contributed by atoms with Gasteiger partial charge in [0.15, 0.2) is 0 Å². The van der Waals surface area contributed by atoms with E-state index >= 15 is 0 Å². The Bertz CT molecular complexity index is 102. The van der Waals surface area contributed by atoms with Crippen molar-refractivity contribution in [3.63, 3.8) is 0 Å². The molecule has 0 aromatic carbocycles. The normalized spacial score (nSPS) is 9.00. The predicted octanol–water partition coefficient (Wildman–Crippen LogP) is 1.38. The van der Waals surface area contributed by atoms with Crippen LogP contribution in [0.3, 0.4) is 0 Å². The molecule has 0 saturated carbocycles. The van der Waals surface area contributed by atoms with Gasteiger partial charge in [0, 0.05) is 0 Å². The molecule has 74 valence electrons. The third-order valence-electron chi connectivity index (χ3n) is 1.73. The monoisotopic (exact) mass is 213 g/mol. The van der Waals surface area contributed by atoms with E-state index in [4.69, 9.17) is 4.84 Å². The van der Waals surface area contributed by atoms with Crippen LogP contribution in [0.15, 0.2) is 0 Å². The van der Waals surface area contributed by atoms with E-state index in [0.29, 0.717) is 13.0 Å². The van der Waals surface area contributed by atoms with Gasteiger partial charge in [0.25, 0.3) is 0 Å². The Kier molecular flexibility index (Phi) is 19.7. The fourth-order valence-corrected chi connectivity index (χ4v) is 1.05. The molecule has 0 aromatic heterocycles. The van der Waals surface area contributed by atoms with Crippen molar-refractivity contribution in [2.24, 2.45) is 0 Å². The molecular weight excluding hydrogens is 193 g/mol. The second-order valence-corrected chi connectivity index (χ2v) is 2.85. The third kappa shape index (κ3) is 15.8. The Morgan fingerprint density at radius 2 is 1.77 bits per heavy atom. The van der Waals surface area contributed by atoms with Crippen LogP contribution < -0.4 is 5.48 Å². The molecule has 0 rings (SSSR count). The number of carbonyl (C=O) groups is 1. The summed E-state index contributed by atoms with van der Waals surface area (Å²) >= 11 is 0. The van der Waals surface area contributed by atoms with Gasteiger partial charge in [-0.3, -0.25) is 9.63 Å². The van der Waals surface area contributed by atoms with Gasteiger partial charge in [0.2, 0.25) is 6.41 Å². The van der Waals surface area contributed by atoms with Crippen LogP contribution >= 0.6 is 0 Å². The van der Waals surface area contributed by atoms with Crippen molar-refractivity contribution in [2.45, 2.75) is 45.4 Å². The first-order chi connectivity index (χ1) is 5.91. The zero-order valence-corrected chi connectivity index (χ0v) is 7.84. The summed E-state index contributed by atoms with van der Waals surface area (Å²) < 4.78 is 0. The van der Waals surface area contributed by atoms with Crippen molar-refractivity contribution >= 4 is 57.8 Å². The Labute approximate surface area is 123 Å². The van der Waals surface area contributed by atoms with E-state index in [1.54, 1.807) is 0 Å². The number of hydroxylamine groups is 1. The Morgan fingerprint density at radius 3 is 2.38 bits per heavy atom. The second kappa shape index (κ2) is 15.5. The number of carbonyl (C=O) groups excluding carboxylic acids is 1. The van der Waals surface area contributed by atoms with Crippen LogP contribution in [0.1, 0.15) is 45.4 Å². The molecule has 13 heavy (non-hydrogen) atoms. The van der Waals surface area contributed by atoms with Gasteiger partial charge in [-0.25, -0.2) is 5.48 Å². The van der Waals surface area contributed by atoms with E-state index < -0.39 is 0 Å². The van der Waals surface area contributed by atoms with Crippen molar-refractivity contribution in [2.75, 3.05) is 6.61 Å². The number of hydrogen-bond donors (Lipinski definition) is 1. The van der Waals surface area contributed by atoms with Crippen LogP contribution in [0.2, 0.25) is 0 Å². The van der Waals surface area contributed by atoms with Crippen LogP contribution in [0.4, 0.5) is 0 Å². The van der Waals surface area contributed by atoms with Crippen LogP contribution in [0.25, 0.3) is 0 Å². The quantitative estimate of drug-likeness (QED) is 0.272. The third-order valence-corrected chi connectivity index (χ3v) is 1.73. The molecule has 0 aromatic rings. The summed E-state index contributed by atoms with van der Waals surface area (Å²) in [7, 11) is 0. The van der Waals surface area contributed by atoms with Crippen molar-refractivity contribution < 1.29 is 9.63 Å². The van der Waals surface area contributed by atoms with Crippen molar-refractivity contribution in [3.8, 4) is 0 Å². The van der Waals surface area contributed by atoms with E-state index in [0.717, 1.165) is 6.42 Å². The van der Waals surface area contributed by atoms with Gasteiger partial charge < -0.3 is 0 Å². The van der Waals surface area contributed by atoms with Crippen LogP contribution in [0.5, 0.6) is 0 Å². The van der Waals surface area contributed by atoms with Gasteiger partial charge in [0.1, 0.15) is 0 Å². The van der Waals surface area contributed by atoms with Gasteiger partial charge in [-0.1, -0.05) is 39.0 Å². The first-order valence-corrected chi connectivity index (χ1v) is 4.72. The molecule has 0 unspecified atom stereocenters.